The second-order valence-electron chi connectivity index (χ2n) is 4.89. The van der Waals surface area contributed by atoms with Crippen molar-refractivity contribution in [1.82, 2.24) is 5.32 Å². The summed E-state index contributed by atoms with van der Waals surface area (Å²) in [5, 5.41) is 3.48. The highest BCUT2D eigenvalue weighted by Crippen LogP contribution is 2.38. The number of fused-ring (bicyclic) bond motifs is 1. The lowest BCUT2D eigenvalue weighted by Gasteiger charge is -2.23. The maximum absolute atomic E-state index is 5.34. The van der Waals surface area contributed by atoms with Crippen LogP contribution in [0.3, 0.4) is 0 Å². The first-order valence-corrected chi connectivity index (χ1v) is 6.64. The molecule has 1 aliphatic rings. The molecule has 0 aromatic heterocycles. The molecule has 2 atom stereocenters. The Hall–Kier alpha value is -1.02. The average molecular weight is 233 g/mol. The minimum absolute atomic E-state index is 0.605. The molecule has 0 saturated heterocycles. The van der Waals surface area contributed by atoms with E-state index in [1.54, 1.807) is 7.11 Å². The molecule has 0 bridgehead atoms. The van der Waals surface area contributed by atoms with E-state index in [2.05, 4.69) is 37.5 Å². The van der Waals surface area contributed by atoms with Crippen LogP contribution in [0.4, 0.5) is 0 Å². The highest BCUT2D eigenvalue weighted by Gasteiger charge is 2.28. The first-order valence-electron chi connectivity index (χ1n) is 6.64. The quantitative estimate of drug-likeness (QED) is 0.843. The molecule has 0 radical (unpaired) electrons. The lowest BCUT2D eigenvalue weighted by atomic mass is 9.90. The smallest absolute Gasteiger partial charge is 0.119 e. The summed E-state index contributed by atoms with van der Waals surface area (Å²) in [6.45, 7) is 2.26. The molecule has 17 heavy (non-hydrogen) atoms. The van der Waals surface area contributed by atoms with Gasteiger partial charge in [-0.2, -0.15) is 0 Å². The zero-order valence-electron chi connectivity index (χ0n) is 11.1. The summed E-state index contributed by atoms with van der Waals surface area (Å²) < 4.78 is 5.34. The number of methoxy groups -OCH3 is 1. The van der Waals surface area contributed by atoms with Gasteiger partial charge in [-0.15, -0.1) is 0 Å². The van der Waals surface area contributed by atoms with Gasteiger partial charge in [0.25, 0.3) is 0 Å². The van der Waals surface area contributed by atoms with E-state index in [1.807, 2.05) is 0 Å². The molecular weight excluding hydrogens is 210 g/mol. The van der Waals surface area contributed by atoms with E-state index in [-0.39, 0.29) is 0 Å². The van der Waals surface area contributed by atoms with Crippen LogP contribution in [-0.4, -0.2) is 20.2 Å². The molecule has 2 rings (SSSR count). The van der Waals surface area contributed by atoms with Crippen LogP contribution in [0.2, 0.25) is 0 Å². The molecule has 2 nitrogen and oxygen atoms in total. The highest BCUT2D eigenvalue weighted by atomic mass is 16.5. The molecule has 0 amide bonds. The summed E-state index contributed by atoms with van der Waals surface area (Å²) in [7, 11) is 3.83. The van der Waals surface area contributed by atoms with Crippen molar-refractivity contribution < 1.29 is 4.74 Å². The molecule has 0 aliphatic heterocycles. The van der Waals surface area contributed by atoms with Crippen LogP contribution >= 0.6 is 0 Å². The van der Waals surface area contributed by atoms with Gasteiger partial charge < -0.3 is 10.1 Å². The van der Waals surface area contributed by atoms with Crippen LogP contribution in [0, 0.1) is 0 Å². The number of ether oxygens (including phenoxy) is 1. The summed E-state index contributed by atoms with van der Waals surface area (Å²) in [5.41, 5.74) is 3.00. The number of nitrogens with one attached hydrogen (secondary N) is 1. The third kappa shape index (κ3) is 2.47. The van der Waals surface area contributed by atoms with Crippen molar-refractivity contribution in [1.29, 1.82) is 0 Å². The standard InChI is InChI=1S/C15H23NO/c1-4-5-15(16-2)13-9-7-11-6-8-12(17-3)10-14(11)13/h6,8,10,13,15-16H,4-5,7,9H2,1-3H3. The van der Waals surface area contributed by atoms with Crippen molar-refractivity contribution in [2.45, 2.75) is 44.6 Å². The Kier molecular flexibility index (Phi) is 4.06. The largest absolute Gasteiger partial charge is 0.497 e. The molecule has 0 saturated carbocycles. The maximum atomic E-state index is 5.34. The van der Waals surface area contributed by atoms with E-state index in [9.17, 15) is 0 Å². The Balaban J connectivity index is 2.24. The molecule has 2 heteroatoms. The van der Waals surface area contributed by atoms with E-state index >= 15 is 0 Å². The van der Waals surface area contributed by atoms with Crippen LogP contribution in [0.5, 0.6) is 5.75 Å². The summed E-state index contributed by atoms with van der Waals surface area (Å²) in [4.78, 5) is 0. The molecule has 1 N–H and O–H groups in total. The minimum Gasteiger partial charge on any atom is -0.497 e. The molecule has 94 valence electrons. The van der Waals surface area contributed by atoms with Gasteiger partial charge in [0.05, 0.1) is 7.11 Å². The molecule has 0 heterocycles. The zero-order chi connectivity index (χ0) is 12.3. The van der Waals surface area contributed by atoms with Crippen molar-refractivity contribution in [2.24, 2.45) is 0 Å². The number of likely N-dealkylation sites (N-methyl/N-ethyl adjacent to an activating group) is 1. The summed E-state index contributed by atoms with van der Waals surface area (Å²) in [6, 6.07) is 7.14. The highest BCUT2D eigenvalue weighted by molar-refractivity contribution is 5.42. The van der Waals surface area contributed by atoms with Crippen LogP contribution in [0.15, 0.2) is 18.2 Å². The summed E-state index contributed by atoms with van der Waals surface area (Å²) >= 11 is 0. The molecule has 1 aliphatic carbocycles. The minimum atomic E-state index is 0.605. The Bertz CT molecular complexity index is 375. The lowest BCUT2D eigenvalue weighted by molar-refractivity contribution is 0.409. The van der Waals surface area contributed by atoms with Gasteiger partial charge in [0.15, 0.2) is 0 Å². The zero-order valence-corrected chi connectivity index (χ0v) is 11.1. The molecule has 0 fully saturated rings. The summed E-state index contributed by atoms with van der Waals surface area (Å²) in [5.74, 6) is 1.65. The number of rotatable bonds is 5. The van der Waals surface area contributed by atoms with E-state index in [0.29, 0.717) is 12.0 Å². The van der Waals surface area contributed by atoms with Gasteiger partial charge in [-0.05, 0) is 55.5 Å². The number of aryl methyl sites for hydroxylation is 1. The SMILES string of the molecule is CCCC(NC)C1CCc2ccc(OC)cc21. The number of hydrogen-bond donors (Lipinski definition) is 1. The summed E-state index contributed by atoms with van der Waals surface area (Å²) in [6.07, 6.45) is 4.97. The molecule has 1 aromatic carbocycles. The lowest BCUT2D eigenvalue weighted by Crippen LogP contribution is -2.30. The topological polar surface area (TPSA) is 21.3 Å². The fourth-order valence-electron chi connectivity index (χ4n) is 3.01. The van der Waals surface area contributed by atoms with Crippen molar-refractivity contribution >= 4 is 0 Å². The van der Waals surface area contributed by atoms with Crippen LogP contribution in [0.1, 0.15) is 43.2 Å². The van der Waals surface area contributed by atoms with Gasteiger partial charge in [0.2, 0.25) is 0 Å². The Morgan fingerprint density at radius 2 is 2.29 bits per heavy atom. The Morgan fingerprint density at radius 1 is 1.47 bits per heavy atom. The first-order chi connectivity index (χ1) is 8.30. The predicted octanol–water partition coefficient (Wildman–Crippen LogP) is 3.11. The van der Waals surface area contributed by atoms with E-state index in [0.717, 1.165) is 5.75 Å². The normalized spacial score (nSPS) is 20.1. The Labute approximate surface area is 104 Å². The number of benzene rings is 1. The second kappa shape index (κ2) is 5.54. The van der Waals surface area contributed by atoms with Crippen LogP contribution in [0.25, 0.3) is 0 Å². The van der Waals surface area contributed by atoms with E-state index in [4.69, 9.17) is 4.74 Å². The predicted molar refractivity (Wildman–Crippen MR) is 71.8 cm³/mol. The van der Waals surface area contributed by atoms with Crippen molar-refractivity contribution in [3.63, 3.8) is 0 Å². The van der Waals surface area contributed by atoms with Crippen molar-refractivity contribution in [3.8, 4) is 5.75 Å². The van der Waals surface area contributed by atoms with Crippen molar-refractivity contribution in [3.05, 3.63) is 29.3 Å². The maximum Gasteiger partial charge on any atom is 0.119 e. The molecule has 2 unspecified atom stereocenters. The van der Waals surface area contributed by atoms with Crippen molar-refractivity contribution in [2.75, 3.05) is 14.2 Å². The monoisotopic (exact) mass is 233 g/mol. The van der Waals surface area contributed by atoms with Crippen LogP contribution < -0.4 is 10.1 Å². The second-order valence-corrected chi connectivity index (χ2v) is 4.89. The van der Waals surface area contributed by atoms with Crippen LogP contribution in [-0.2, 0) is 6.42 Å². The fourth-order valence-corrected chi connectivity index (χ4v) is 3.01. The third-order valence-electron chi connectivity index (χ3n) is 3.93. The van der Waals surface area contributed by atoms with Gasteiger partial charge in [-0.25, -0.2) is 0 Å². The molecular formula is C15H23NO. The van der Waals surface area contributed by atoms with Gasteiger partial charge in [-0.3, -0.25) is 0 Å². The van der Waals surface area contributed by atoms with Gasteiger partial charge in [0.1, 0.15) is 5.75 Å². The fraction of sp³-hybridized carbons (Fsp3) is 0.600. The van der Waals surface area contributed by atoms with E-state index < -0.39 is 0 Å². The van der Waals surface area contributed by atoms with Gasteiger partial charge in [-0.1, -0.05) is 19.4 Å². The van der Waals surface area contributed by atoms with Gasteiger partial charge >= 0.3 is 0 Å². The first kappa shape index (κ1) is 12.4. The third-order valence-corrected chi connectivity index (χ3v) is 3.93. The molecule has 0 spiro atoms. The number of hydrogen-bond acceptors (Lipinski definition) is 2. The van der Waals surface area contributed by atoms with Gasteiger partial charge in [0, 0.05) is 6.04 Å². The Morgan fingerprint density at radius 3 is 2.94 bits per heavy atom. The van der Waals surface area contributed by atoms with E-state index in [1.165, 1.54) is 36.8 Å². The molecule has 1 aromatic rings. The average Bonchev–Trinajstić information content (AvgIpc) is 2.78.